The topological polar surface area (TPSA) is 148 Å². The smallest absolute Gasteiger partial charge is 0.261 e. The van der Waals surface area contributed by atoms with Crippen LogP contribution in [-0.2, 0) is 24.7 Å². The average molecular weight is 482 g/mol. The maximum Gasteiger partial charge on any atom is 0.261 e. The maximum atomic E-state index is 12.8. The van der Waals surface area contributed by atoms with Crippen molar-refractivity contribution in [2.24, 2.45) is 0 Å². The van der Waals surface area contributed by atoms with Gasteiger partial charge in [0, 0.05) is 24.2 Å². The van der Waals surface area contributed by atoms with Crippen molar-refractivity contribution in [2.75, 3.05) is 28.7 Å². The second-order valence-electron chi connectivity index (χ2n) is 7.30. The van der Waals surface area contributed by atoms with Gasteiger partial charge in [-0.25, -0.2) is 16.8 Å². The molecule has 0 unspecified atom stereocenters. The van der Waals surface area contributed by atoms with Crippen LogP contribution in [0.3, 0.4) is 0 Å². The van der Waals surface area contributed by atoms with Gasteiger partial charge in [-0.05, 0) is 42.8 Å². The van der Waals surface area contributed by atoms with Crippen LogP contribution < -0.4 is 20.1 Å². The van der Waals surface area contributed by atoms with Crippen LogP contribution in [0.15, 0.2) is 47.4 Å². The Labute approximate surface area is 186 Å². The van der Waals surface area contributed by atoms with Gasteiger partial charge in [0.2, 0.25) is 5.91 Å². The Morgan fingerprint density at radius 1 is 1.12 bits per heavy atom. The van der Waals surface area contributed by atoms with Crippen LogP contribution in [-0.4, -0.2) is 53.3 Å². The molecule has 0 spiro atoms. The van der Waals surface area contributed by atoms with Crippen LogP contribution in [0.25, 0.3) is 0 Å². The Morgan fingerprint density at radius 3 is 2.50 bits per heavy atom. The number of rotatable bonds is 7. The number of ether oxygens (including phenoxy) is 1. The number of sulfone groups is 1. The first-order chi connectivity index (χ1) is 15.0. The minimum atomic E-state index is -4.04. The van der Waals surface area contributed by atoms with Gasteiger partial charge < -0.3 is 15.4 Å². The predicted molar refractivity (Wildman–Crippen MR) is 119 cm³/mol. The lowest BCUT2D eigenvalue weighted by molar-refractivity contribution is -0.114. The summed E-state index contributed by atoms with van der Waals surface area (Å²) in [6, 6.07) is 9.37. The molecule has 0 aliphatic carbocycles. The number of hydrogen-bond donors (Lipinski definition) is 3. The van der Waals surface area contributed by atoms with Crippen molar-refractivity contribution in [1.29, 1.82) is 0 Å². The summed E-state index contributed by atoms with van der Waals surface area (Å²) in [6.45, 7) is 1.29. The van der Waals surface area contributed by atoms with Crippen molar-refractivity contribution in [3.8, 4) is 5.75 Å². The first kappa shape index (κ1) is 23.5. The molecule has 2 amide bonds. The summed E-state index contributed by atoms with van der Waals surface area (Å²) in [5, 5.41) is 5.17. The predicted octanol–water partition coefficient (Wildman–Crippen LogP) is 1.37. The van der Waals surface area contributed by atoms with Crippen LogP contribution in [0.1, 0.15) is 23.7 Å². The highest BCUT2D eigenvalue weighted by atomic mass is 32.2. The van der Waals surface area contributed by atoms with Crippen molar-refractivity contribution in [1.82, 2.24) is 5.32 Å². The summed E-state index contributed by atoms with van der Waals surface area (Å²) in [5.74, 6) is -0.670. The molecule has 1 heterocycles. The third-order valence-corrected chi connectivity index (χ3v) is 7.88. The molecule has 1 fully saturated rings. The number of methoxy groups -OCH3 is 1. The summed E-state index contributed by atoms with van der Waals surface area (Å²) in [7, 11) is -5.80. The third-order valence-electron chi connectivity index (χ3n) is 4.74. The van der Waals surface area contributed by atoms with Gasteiger partial charge in [-0.3, -0.25) is 14.3 Å². The van der Waals surface area contributed by atoms with E-state index in [9.17, 15) is 26.4 Å². The van der Waals surface area contributed by atoms with Gasteiger partial charge in [0.05, 0.1) is 29.2 Å². The molecular formula is C20H23N3O7S2. The Morgan fingerprint density at radius 2 is 1.88 bits per heavy atom. The zero-order valence-corrected chi connectivity index (χ0v) is 19.0. The average Bonchev–Trinajstić information content (AvgIpc) is 3.05. The molecule has 12 heteroatoms. The van der Waals surface area contributed by atoms with Gasteiger partial charge in [-0.1, -0.05) is 6.07 Å². The van der Waals surface area contributed by atoms with Crippen molar-refractivity contribution in [3.05, 3.63) is 48.0 Å². The van der Waals surface area contributed by atoms with E-state index in [-0.39, 0.29) is 39.2 Å². The minimum absolute atomic E-state index is 0.0279. The molecule has 0 saturated carbocycles. The van der Waals surface area contributed by atoms with Crippen molar-refractivity contribution in [3.63, 3.8) is 0 Å². The molecule has 3 rings (SSSR count). The molecule has 1 atom stereocenters. The van der Waals surface area contributed by atoms with Crippen molar-refractivity contribution < 1.29 is 31.2 Å². The van der Waals surface area contributed by atoms with Crippen LogP contribution in [0.5, 0.6) is 5.75 Å². The number of anilines is 2. The molecule has 10 nitrogen and oxygen atoms in total. The quantitative estimate of drug-likeness (QED) is 0.541. The number of hydrogen-bond acceptors (Lipinski definition) is 7. The largest absolute Gasteiger partial charge is 0.495 e. The lowest BCUT2D eigenvalue weighted by atomic mass is 10.1. The van der Waals surface area contributed by atoms with Crippen LogP contribution in [0, 0.1) is 0 Å². The SMILES string of the molecule is COc1ccc(S(=O)(=O)Nc2cccc(C(=O)N[C@H]3CCS(=O)(=O)C3)c2)cc1NC(C)=O. The zero-order chi connectivity index (χ0) is 23.5. The molecule has 172 valence electrons. The zero-order valence-electron chi connectivity index (χ0n) is 17.4. The normalized spacial score (nSPS) is 17.4. The lowest BCUT2D eigenvalue weighted by Gasteiger charge is -2.14. The van der Waals surface area contributed by atoms with E-state index in [1.54, 1.807) is 0 Å². The van der Waals surface area contributed by atoms with Gasteiger partial charge in [-0.15, -0.1) is 0 Å². The minimum Gasteiger partial charge on any atom is -0.495 e. The summed E-state index contributed by atoms with van der Waals surface area (Å²) < 4.78 is 56.3. The third kappa shape index (κ3) is 5.77. The maximum absolute atomic E-state index is 12.8. The van der Waals surface area contributed by atoms with E-state index in [2.05, 4.69) is 15.4 Å². The van der Waals surface area contributed by atoms with Crippen molar-refractivity contribution >= 4 is 43.0 Å². The summed E-state index contributed by atoms with van der Waals surface area (Å²) in [4.78, 5) is 23.8. The Kier molecular flexibility index (Phi) is 6.74. The monoisotopic (exact) mass is 481 g/mol. The van der Waals surface area contributed by atoms with Crippen LogP contribution in [0.4, 0.5) is 11.4 Å². The van der Waals surface area contributed by atoms with Gasteiger partial charge in [0.25, 0.3) is 15.9 Å². The van der Waals surface area contributed by atoms with E-state index in [1.807, 2.05) is 0 Å². The molecule has 1 saturated heterocycles. The first-order valence-corrected chi connectivity index (χ1v) is 12.9. The highest BCUT2D eigenvalue weighted by Crippen LogP contribution is 2.28. The number of benzene rings is 2. The number of sulfonamides is 1. The number of carbonyl (C=O) groups excluding carboxylic acids is 2. The molecular weight excluding hydrogens is 458 g/mol. The van der Waals surface area contributed by atoms with Gasteiger partial charge in [-0.2, -0.15) is 0 Å². The number of amides is 2. The van der Waals surface area contributed by atoms with Gasteiger partial charge >= 0.3 is 0 Å². The molecule has 0 aromatic heterocycles. The molecule has 32 heavy (non-hydrogen) atoms. The van der Waals surface area contributed by atoms with Gasteiger partial charge in [0.15, 0.2) is 9.84 Å². The molecule has 0 radical (unpaired) electrons. The first-order valence-electron chi connectivity index (χ1n) is 9.59. The van der Waals surface area contributed by atoms with E-state index in [0.29, 0.717) is 12.2 Å². The van der Waals surface area contributed by atoms with Crippen molar-refractivity contribution in [2.45, 2.75) is 24.3 Å². The Bertz CT molecular complexity index is 1260. The molecule has 3 N–H and O–H groups in total. The van der Waals surface area contributed by atoms with Crippen LogP contribution in [0.2, 0.25) is 0 Å². The molecule has 1 aliphatic heterocycles. The second-order valence-corrected chi connectivity index (χ2v) is 11.2. The second kappa shape index (κ2) is 9.17. The van der Waals surface area contributed by atoms with E-state index in [1.165, 1.54) is 56.5 Å². The fraction of sp³-hybridized carbons (Fsp3) is 0.300. The standard InChI is InChI=1S/C20H23N3O7S2/c1-13(24)21-18-11-17(6-7-19(18)30-2)32(28,29)23-15-5-3-4-14(10-15)20(25)22-16-8-9-31(26,27)12-16/h3-7,10-11,16,23H,8-9,12H2,1-2H3,(H,21,24)(H,22,25)/t16-/m0/s1. The van der Waals surface area contributed by atoms with E-state index in [4.69, 9.17) is 4.74 Å². The Balaban J connectivity index is 1.78. The van der Waals surface area contributed by atoms with Crippen LogP contribution >= 0.6 is 0 Å². The summed E-state index contributed by atoms with van der Waals surface area (Å²) >= 11 is 0. The molecule has 2 aromatic carbocycles. The highest BCUT2D eigenvalue weighted by molar-refractivity contribution is 7.92. The number of nitrogens with one attached hydrogen (secondary N) is 3. The highest BCUT2D eigenvalue weighted by Gasteiger charge is 2.29. The van der Waals surface area contributed by atoms with E-state index >= 15 is 0 Å². The fourth-order valence-corrected chi connectivity index (χ4v) is 6.01. The lowest BCUT2D eigenvalue weighted by Crippen LogP contribution is -2.35. The molecule has 2 aromatic rings. The van der Waals surface area contributed by atoms with Gasteiger partial charge in [0.1, 0.15) is 5.75 Å². The molecule has 0 bridgehead atoms. The van der Waals surface area contributed by atoms with E-state index < -0.39 is 31.8 Å². The fourth-order valence-electron chi connectivity index (χ4n) is 3.26. The Hall–Kier alpha value is -3.12. The van der Waals surface area contributed by atoms with E-state index in [0.717, 1.165) is 0 Å². The number of carbonyl (C=O) groups is 2. The summed E-state index contributed by atoms with van der Waals surface area (Å²) in [6.07, 6.45) is 0.342. The summed E-state index contributed by atoms with van der Waals surface area (Å²) in [5.41, 5.74) is 0.527. The molecule has 1 aliphatic rings.